The van der Waals surface area contributed by atoms with E-state index >= 15 is 0 Å². The molecule has 24 heavy (non-hydrogen) atoms. The van der Waals surface area contributed by atoms with E-state index in [0.29, 0.717) is 19.6 Å². The minimum atomic E-state index is -0.408. The Balaban J connectivity index is 1.97. The summed E-state index contributed by atoms with van der Waals surface area (Å²) in [7, 11) is 0. The molecule has 0 aliphatic carbocycles. The lowest BCUT2D eigenvalue weighted by atomic mass is 10.1. The summed E-state index contributed by atoms with van der Waals surface area (Å²) in [6.07, 6.45) is 2.26. The molecule has 0 aliphatic heterocycles. The fraction of sp³-hybridized carbons (Fsp3) is 0.556. The zero-order valence-corrected chi connectivity index (χ0v) is 14.8. The number of nitrogens with one attached hydrogen (secondary N) is 2. The van der Waals surface area contributed by atoms with Crippen LogP contribution in [-0.4, -0.2) is 24.1 Å². The van der Waals surface area contributed by atoms with E-state index < -0.39 is 6.09 Å². The molecule has 1 rings (SSSR count). The molecule has 2 amide bonds. The van der Waals surface area contributed by atoms with Crippen molar-refractivity contribution in [2.45, 2.75) is 58.6 Å². The van der Waals surface area contributed by atoms with E-state index in [-0.39, 0.29) is 11.4 Å². The van der Waals surface area contributed by atoms with E-state index in [0.717, 1.165) is 24.8 Å². The first-order chi connectivity index (χ1) is 11.4. The summed E-state index contributed by atoms with van der Waals surface area (Å²) in [6.45, 7) is 6.39. The smallest absolute Gasteiger partial charge is 0.407 e. The van der Waals surface area contributed by atoms with E-state index in [1.54, 1.807) is 0 Å². The van der Waals surface area contributed by atoms with Crippen molar-refractivity contribution < 1.29 is 19.2 Å². The lowest BCUT2D eigenvalue weighted by molar-refractivity contribution is -0.134. The van der Waals surface area contributed by atoms with Crippen molar-refractivity contribution in [3.63, 3.8) is 0 Å². The Kier molecular flexibility index (Phi) is 8.86. The number of rotatable bonds is 9. The number of hydrogen-bond acceptors (Lipinski definition) is 4. The van der Waals surface area contributed by atoms with Crippen LogP contribution < -0.4 is 10.8 Å². The van der Waals surface area contributed by atoms with Crippen LogP contribution >= 0.6 is 0 Å². The van der Waals surface area contributed by atoms with Crippen molar-refractivity contribution in [3.8, 4) is 0 Å². The molecule has 1 aromatic carbocycles. The van der Waals surface area contributed by atoms with Crippen molar-refractivity contribution in [1.29, 1.82) is 0 Å². The molecule has 0 radical (unpaired) electrons. The van der Waals surface area contributed by atoms with Gasteiger partial charge in [0.15, 0.2) is 0 Å². The van der Waals surface area contributed by atoms with Gasteiger partial charge in [0.1, 0.15) is 0 Å². The zero-order chi connectivity index (χ0) is 17.8. The Labute approximate surface area is 143 Å². The molecule has 2 N–H and O–H groups in total. The van der Waals surface area contributed by atoms with E-state index in [1.165, 1.54) is 0 Å². The van der Waals surface area contributed by atoms with Crippen molar-refractivity contribution in [2.75, 3.05) is 6.61 Å². The molecule has 0 unspecified atom stereocenters. The predicted molar refractivity (Wildman–Crippen MR) is 92.1 cm³/mol. The highest BCUT2D eigenvalue weighted by molar-refractivity contribution is 5.74. The van der Waals surface area contributed by atoms with Crippen molar-refractivity contribution in [1.82, 2.24) is 10.8 Å². The van der Waals surface area contributed by atoms with Crippen molar-refractivity contribution in [2.24, 2.45) is 0 Å². The maximum Gasteiger partial charge on any atom is 0.407 e. The average molecular weight is 336 g/mol. The molecule has 0 saturated heterocycles. The highest BCUT2D eigenvalue weighted by Gasteiger charge is 2.14. The lowest BCUT2D eigenvalue weighted by Gasteiger charge is -2.19. The topological polar surface area (TPSA) is 76.7 Å². The number of amides is 2. The minimum absolute atomic E-state index is 0.141. The van der Waals surface area contributed by atoms with Gasteiger partial charge in [0.05, 0.1) is 13.2 Å². The summed E-state index contributed by atoms with van der Waals surface area (Å²) >= 11 is 0. The second kappa shape index (κ2) is 10.6. The maximum atomic E-state index is 11.6. The van der Waals surface area contributed by atoms with Crippen LogP contribution in [0.15, 0.2) is 30.3 Å². The Bertz CT molecular complexity index is 497. The fourth-order valence-electron chi connectivity index (χ4n) is 1.90. The highest BCUT2D eigenvalue weighted by atomic mass is 16.6. The molecule has 0 heterocycles. The van der Waals surface area contributed by atoms with Gasteiger partial charge in [-0.15, -0.1) is 0 Å². The molecule has 6 nitrogen and oxygen atoms in total. The molecule has 0 bridgehead atoms. The first-order valence-corrected chi connectivity index (χ1v) is 8.26. The first-order valence-electron chi connectivity index (χ1n) is 8.26. The van der Waals surface area contributed by atoms with Crippen molar-refractivity contribution in [3.05, 3.63) is 35.9 Å². The van der Waals surface area contributed by atoms with Crippen LogP contribution in [0.2, 0.25) is 0 Å². The van der Waals surface area contributed by atoms with Gasteiger partial charge in [-0.25, -0.2) is 10.3 Å². The van der Waals surface area contributed by atoms with Gasteiger partial charge in [-0.05, 0) is 45.6 Å². The van der Waals surface area contributed by atoms with Crippen LogP contribution in [0.3, 0.4) is 0 Å². The van der Waals surface area contributed by atoms with Gasteiger partial charge in [0.2, 0.25) is 5.91 Å². The maximum absolute atomic E-state index is 11.6. The highest BCUT2D eigenvalue weighted by Crippen LogP contribution is 2.03. The average Bonchev–Trinajstić information content (AvgIpc) is 2.50. The summed E-state index contributed by atoms with van der Waals surface area (Å²) in [5.41, 5.74) is 3.14. The predicted octanol–water partition coefficient (Wildman–Crippen LogP) is 3.32. The molecular weight excluding hydrogens is 308 g/mol. The number of benzene rings is 1. The molecule has 1 aromatic rings. The number of carbonyl (C=O) groups is 2. The van der Waals surface area contributed by atoms with Gasteiger partial charge in [0, 0.05) is 12.0 Å². The van der Waals surface area contributed by atoms with Crippen LogP contribution in [-0.2, 0) is 21.0 Å². The van der Waals surface area contributed by atoms with Crippen LogP contribution in [0.5, 0.6) is 0 Å². The number of hydrogen-bond donors (Lipinski definition) is 2. The Morgan fingerprint density at radius 2 is 1.75 bits per heavy atom. The quantitative estimate of drug-likeness (QED) is 0.536. The monoisotopic (exact) mass is 336 g/mol. The van der Waals surface area contributed by atoms with Crippen molar-refractivity contribution >= 4 is 12.0 Å². The van der Waals surface area contributed by atoms with E-state index in [1.807, 2.05) is 51.1 Å². The third-order valence-electron chi connectivity index (χ3n) is 3.03. The normalized spacial score (nSPS) is 11.0. The molecule has 0 atom stereocenters. The first kappa shape index (κ1) is 20.0. The number of ether oxygens (including phenoxy) is 1. The van der Waals surface area contributed by atoms with E-state index in [9.17, 15) is 9.59 Å². The third-order valence-corrected chi connectivity index (χ3v) is 3.03. The van der Waals surface area contributed by atoms with Gasteiger partial charge in [-0.3, -0.25) is 9.63 Å². The van der Waals surface area contributed by atoms with Crippen LogP contribution in [0.4, 0.5) is 4.79 Å². The minimum Gasteiger partial charge on any atom is -0.450 e. The van der Waals surface area contributed by atoms with Gasteiger partial charge in [-0.1, -0.05) is 30.3 Å². The summed E-state index contributed by atoms with van der Waals surface area (Å²) < 4.78 is 5.06. The van der Waals surface area contributed by atoms with Gasteiger partial charge < -0.3 is 10.1 Å². The van der Waals surface area contributed by atoms with Crippen LogP contribution in [0.25, 0.3) is 0 Å². The lowest BCUT2D eigenvalue weighted by Crippen LogP contribution is -2.41. The molecule has 0 saturated carbocycles. The molecule has 6 heteroatoms. The number of unbranched alkanes of at least 4 members (excludes halogenated alkanes) is 2. The second-order valence-corrected chi connectivity index (χ2v) is 6.62. The molecule has 0 spiro atoms. The van der Waals surface area contributed by atoms with Gasteiger partial charge >= 0.3 is 6.09 Å². The zero-order valence-electron chi connectivity index (χ0n) is 14.8. The molecule has 134 valence electrons. The van der Waals surface area contributed by atoms with Crippen LogP contribution in [0, 0.1) is 0 Å². The summed E-state index contributed by atoms with van der Waals surface area (Å²) in [4.78, 5) is 28.2. The standard InChI is InChI=1S/C18H28N2O4/c1-18(2,3)19-17(22)23-13-9-5-8-12-16(21)20-24-14-15-10-6-4-7-11-15/h4,6-7,10-11H,5,8-9,12-14H2,1-3H3,(H,19,22)(H,20,21). The third kappa shape index (κ3) is 10.6. The van der Waals surface area contributed by atoms with Gasteiger partial charge in [-0.2, -0.15) is 0 Å². The Hall–Kier alpha value is -2.08. The summed E-state index contributed by atoms with van der Waals surface area (Å²) in [6, 6.07) is 9.64. The number of alkyl carbamates (subject to hydrolysis) is 1. The molecule has 0 aliphatic rings. The van der Waals surface area contributed by atoms with Gasteiger partial charge in [0.25, 0.3) is 0 Å². The Morgan fingerprint density at radius 3 is 2.42 bits per heavy atom. The fourth-order valence-corrected chi connectivity index (χ4v) is 1.90. The summed E-state index contributed by atoms with van der Waals surface area (Å²) in [5.74, 6) is -0.141. The molecule has 0 fully saturated rings. The largest absolute Gasteiger partial charge is 0.450 e. The van der Waals surface area contributed by atoms with E-state index in [2.05, 4.69) is 10.8 Å². The Morgan fingerprint density at radius 1 is 1.04 bits per heavy atom. The van der Waals surface area contributed by atoms with Crippen LogP contribution in [0.1, 0.15) is 52.0 Å². The van der Waals surface area contributed by atoms with E-state index in [4.69, 9.17) is 9.57 Å². The molecular formula is C18H28N2O4. The molecule has 0 aromatic heterocycles. The second-order valence-electron chi connectivity index (χ2n) is 6.62. The SMILES string of the molecule is CC(C)(C)NC(=O)OCCCCCC(=O)NOCc1ccccc1. The number of carbonyl (C=O) groups excluding carboxylic acids is 2. The summed E-state index contributed by atoms with van der Waals surface area (Å²) in [5, 5.41) is 2.72. The number of hydroxylamine groups is 1.